The number of benzene rings is 3. The highest BCUT2D eigenvalue weighted by Gasteiger charge is 2.34. The van der Waals surface area contributed by atoms with Crippen molar-refractivity contribution in [1.29, 1.82) is 0 Å². The van der Waals surface area contributed by atoms with Gasteiger partial charge in [0.1, 0.15) is 5.75 Å². The number of fused-ring (bicyclic) bond motifs is 2. The normalized spacial score (nSPS) is 17.9. The summed E-state index contributed by atoms with van der Waals surface area (Å²) in [5.74, 6) is 2.31. The molecule has 0 heterocycles. The van der Waals surface area contributed by atoms with Gasteiger partial charge in [0.05, 0.1) is 12.5 Å². The third-order valence-corrected chi connectivity index (χ3v) is 8.28. The van der Waals surface area contributed by atoms with Gasteiger partial charge in [0.15, 0.2) is 0 Å². The van der Waals surface area contributed by atoms with Crippen molar-refractivity contribution in [3.63, 3.8) is 0 Å². The van der Waals surface area contributed by atoms with Crippen LogP contribution in [0.2, 0.25) is 0 Å². The first-order valence-corrected chi connectivity index (χ1v) is 13.8. The predicted molar refractivity (Wildman–Crippen MR) is 144 cm³/mol. The highest BCUT2D eigenvalue weighted by molar-refractivity contribution is 5.49. The Morgan fingerprint density at radius 1 is 0.800 bits per heavy atom. The highest BCUT2D eigenvalue weighted by atomic mass is 16.7. The molecule has 2 nitrogen and oxygen atoms in total. The van der Waals surface area contributed by atoms with Gasteiger partial charge in [0.2, 0.25) is 6.29 Å². The second-order valence-corrected chi connectivity index (χ2v) is 10.6. The monoisotopic (exact) mass is 468 g/mol. The van der Waals surface area contributed by atoms with Crippen molar-refractivity contribution in [3.8, 4) is 5.75 Å². The van der Waals surface area contributed by atoms with Gasteiger partial charge in [-0.05, 0) is 71.0 Å². The van der Waals surface area contributed by atoms with Gasteiger partial charge in [-0.1, -0.05) is 107 Å². The number of hydrogen-bond donors (Lipinski definition) is 0. The summed E-state index contributed by atoms with van der Waals surface area (Å²) in [6.07, 6.45) is 9.73. The molecule has 0 aliphatic heterocycles. The van der Waals surface area contributed by atoms with Crippen molar-refractivity contribution < 1.29 is 9.47 Å². The van der Waals surface area contributed by atoms with Crippen molar-refractivity contribution in [2.75, 3.05) is 6.61 Å². The number of ether oxygens (including phenoxy) is 2. The van der Waals surface area contributed by atoms with Crippen molar-refractivity contribution in [2.45, 2.75) is 83.3 Å². The van der Waals surface area contributed by atoms with Gasteiger partial charge in [-0.25, -0.2) is 0 Å². The standard InChI is InChI=1S/C33H40O2/c1-3-24(2)26-17-19-29(20-18-26)35-33(34-22-21-25-11-5-4-6-12-25)32-30-15-9-7-13-27(30)23-28-14-8-10-16-31(28)32/h7-10,13-20,24-25,32-33H,3-6,11-12,21-23H2,1-2H3. The SMILES string of the molecule is CCC(C)c1ccc(OC(OCCC2CCCCC2)C2c3ccccc3Cc3ccccc32)cc1. The summed E-state index contributed by atoms with van der Waals surface area (Å²) < 4.78 is 13.4. The Labute approximate surface area is 211 Å². The minimum Gasteiger partial charge on any atom is -0.464 e. The minimum atomic E-state index is -0.351. The fourth-order valence-corrected chi connectivity index (χ4v) is 5.93. The van der Waals surface area contributed by atoms with Gasteiger partial charge in [-0.15, -0.1) is 0 Å². The molecule has 0 bridgehead atoms. The first-order chi connectivity index (χ1) is 17.2. The van der Waals surface area contributed by atoms with Crippen LogP contribution < -0.4 is 4.74 Å². The van der Waals surface area contributed by atoms with Crippen LogP contribution in [0.25, 0.3) is 0 Å². The molecule has 0 saturated heterocycles. The van der Waals surface area contributed by atoms with Crippen LogP contribution in [-0.2, 0) is 11.2 Å². The van der Waals surface area contributed by atoms with E-state index in [2.05, 4.69) is 86.6 Å². The third kappa shape index (κ3) is 5.64. The Hall–Kier alpha value is -2.58. The van der Waals surface area contributed by atoms with Crippen LogP contribution in [0.3, 0.4) is 0 Å². The topological polar surface area (TPSA) is 18.5 Å². The number of hydrogen-bond acceptors (Lipinski definition) is 2. The van der Waals surface area contributed by atoms with Gasteiger partial charge < -0.3 is 9.47 Å². The van der Waals surface area contributed by atoms with Gasteiger partial charge in [-0.2, -0.15) is 0 Å². The Kier molecular flexibility index (Phi) is 7.88. The lowest BCUT2D eigenvalue weighted by Gasteiger charge is -2.34. The zero-order valence-corrected chi connectivity index (χ0v) is 21.4. The lowest BCUT2D eigenvalue weighted by atomic mass is 9.77. The van der Waals surface area contributed by atoms with Gasteiger partial charge in [-0.3, -0.25) is 0 Å². The maximum absolute atomic E-state index is 6.70. The van der Waals surface area contributed by atoms with E-state index >= 15 is 0 Å². The van der Waals surface area contributed by atoms with E-state index in [0.29, 0.717) is 5.92 Å². The van der Waals surface area contributed by atoms with Crippen molar-refractivity contribution in [3.05, 3.63) is 101 Å². The lowest BCUT2D eigenvalue weighted by Crippen LogP contribution is -2.33. The molecule has 5 rings (SSSR count). The molecule has 2 aliphatic rings. The predicted octanol–water partition coefficient (Wildman–Crippen LogP) is 8.63. The van der Waals surface area contributed by atoms with E-state index in [9.17, 15) is 0 Å². The third-order valence-electron chi connectivity index (χ3n) is 8.28. The first-order valence-electron chi connectivity index (χ1n) is 13.8. The Morgan fingerprint density at radius 2 is 1.43 bits per heavy atom. The maximum Gasteiger partial charge on any atom is 0.210 e. The molecule has 0 N–H and O–H groups in total. The Bertz CT molecular complexity index is 1030. The van der Waals surface area contributed by atoms with E-state index in [-0.39, 0.29) is 12.2 Å². The van der Waals surface area contributed by atoms with Gasteiger partial charge >= 0.3 is 0 Å². The summed E-state index contributed by atoms with van der Waals surface area (Å²) >= 11 is 0. The maximum atomic E-state index is 6.70. The molecule has 3 aromatic rings. The summed E-state index contributed by atoms with van der Waals surface area (Å²) in [4.78, 5) is 0. The zero-order chi connectivity index (χ0) is 24.0. The largest absolute Gasteiger partial charge is 0.464 e. The number of rotatable bonds is 9. The van der Waals surface area contributed by atoms with E-state index in [4.69, 9.17) is 9.47 Å². The van der Waals surface area contributed by atoms with E-state index in [1.807, 2.05) is 0 Å². The van der Waals surface area contributed by atoms with Crippen LogP contribution in [0.1, 0.15) is 98.4 Å². The van der Waals surface area contributed by atoms with Crippen molar-refractivity contribution >= 4 is 0 Å². The molecule has 2 unspecified atom stereocenters. The molecule has 2 atom stereocenters. The molecule has 0 spiro atoms. The lowest BCUT2D eigenvalue weighted by molar-refractivity contribution is -0.0938. The summed E-state index contributed by atoms with van der Waals surface area (Å²) in [5, 5.41) is 0. The molecule has 2 heteroatoms. The van der Waals surface area contributed by atoms with Crippen molar-refractivity contribution in [1.82, 2.24) is 0 Å². The molecule has 1 saturated carbocycles. The molecular formula is C33H40O2. The second kappa shape index (κ2) is 11.4. The second-order valence-electron chi connectivity index (χ2n) is 10.6. The van der Waals surface area contributed by atoms with Crippen molar-refractivity contribution in [2.24, 2.45) is 5.92 Å². The van der Waals surface area contributed by atoms with E-state index < -0.39 is 0 Å². The molecule has 3 aromatic carbocycles. The fraction of sp³-hybridized carbons (Fsp3) is 0.455. The summed E-state index contributed by atoms with van der Waals surface area (Å²) in [5.41, 5.74) is 6.80. The Balaban J connectivity index is 1.42. The molecule has 1 fully saturated rings. The molecule has 35 heavy (non-hydrogen) atoms. The average molecular weight is 469 g/mol. The summed E-state index contributed by atoms with van der Waals surface area (Å²) in [6, 6.07) is 26.3. The molecule has 0 radical (unpaired) electrons. The fourth-order valence-electron chi connectivity index (χ4n) is 5.93. The minimum absolute atomic E-state index is 0.0664. The van der Waals surface area contributed by atoms with E-state index in [1.165, 1.54) is 59.9 Å². The van der Waals surface area contributed by atoms with E-state index in [1.54, 1.807) is 0 Å². The molecular weight excluding hydrogens is 428 g/mol. The van der Waals surface area contributed by atoms with Crippen LogP contribution in [0.15, 0.2) is 72.8 Å². The quantitative estimate of drug-likeness (QED) is 0.293. The van der Waals surface area contributed by atoms with E-state index in [0.717, 1.165) is 37.5 Å². The van der Waals surface area contributed by atoms with Gasteiger partial charge in [0.25, 0.3) is 0 Å². The Morgan fingerprint density at radius 3 is 2.06 bits per heavy atom. The van der Waals surface area contributed by atoms with Crippen LogP contribution >= 0.6 is 0 Å². The molecule has 184 valence electrons. The molecule has 0 amide bonds. The highest BCUT2D eigenvalue weighted by Crippen LogP contribution is 2.40. The molecule has 0 aromatic heterocycles. The molecule has 2 aliphatic carbocycles. The van der Waals surface area contributed by atoms with Crippen LogP contribution in [0.5, 0.6) is 5.75 Å². The van der Waals surface area contributed by atoms with Gasteiger partial charge in [0, 0.05) is 0 Å². The zero-order valence-electron chi connectivity index (χ0n) is 21.4. The summed E-state index contributed by atoms with van der Waals surface area (Å²) in [7, 11) is 0. The van der Waals surface area contributed by atoms with Crippen LogP contribution in [0, 0.1) is 5.92 Å². The first kappa shape index (κ1) is 24.1. The van der Waals surface area contributed by atoms with Crippen LogP contribution in [-0.4, -0.2) is 12.9 Å². The average Bonchev–Trinajstić information content (AvgIpc) is 2.92. The summed E-state index contributed by atoms with van der Waals surface area (Å²) in [6.45, 7) is 5.27. The van der Waals surface area contributed by atoms with Crippen LogP contribution in [0.4, 0.5) is 0 Å². The smallest absolute Gasteiger partial charge is 0.210 e.